The summed E-state index contributed by atoms with van der Waals surface area (Å²) in [6.07, 6.45) is 1.45. The molecule has 1 rings (SSSR count). The molecule has 112 valence electrons. The summed E-state index contributed by atoms with van der Waals surface area (Å²) in [7, 11) is 0. The van der Waals surface area contributed by atoms with E-state index in [0.717, 1.165) is 12.8 Å². The second kappa shape index (κ2) is 5.67. The predicted molar refractivity (Wildman–Crippen MR) is 74.5 cm³/mol. The van der Waals surface area contributed by atoms with E-state index in [0.29, 0.717) is 6.54 Å². The number of piperidine rings is 1. The van der Waals surface area contributed by atoms with Gasteiger partial charge in [0, 0.05) is 6.54 Å². The van der Waals surface area contributed by atoms with Gasteiger partial charge >= 0.3 is 6.09 Å². The zero-order valence-electron chi connectivity index (χ0n) is 13.0. The van der Waals surface area contributed by atoms with Crippen LogP contribution < -0.4 is 5.90 Å². The van der Waals surface area contributed by atoms with Crippen LogP contribution in [0.4, 0.5) is 4.79 Å². The van der Waals surface area contributed by atoms with Crippen LogP contribution >= 0.6 is 0 Å². The Bertz CT molecular complexity index is 323. The van der Waals surface area contributed by atoms with Crippen LogP contribution in [0.15, 0.2) is 0 Å². The number of carbonyl (C=O) groups is 1. The lowest BCUT2D eigenvalue weighted by Gasteiger charge is -2.45. The van der Waals surface area contributed by atoms with Crippen molar-refractivity contribution in [1.82, 2.24) is 4.90 Å². The monoisotopic (exact) mass is 272 g/mol. The summed E-state index contributed by atoms with van der Waals surface area (Å²) in [6.45, 7) is 12.5. The van der Waals surface area contributed by atoms with Gasteiger partial charge in [-0.05, 0) is 46.0 Å². The Balaban J connectivity index is 2.85. The first-order chi connectivity index (χ1) is 8.56. The lowest BCUT2D eigenvalue weighted by atomic mass is 9.80. The topological polar surface area (TPSA) is 64.8 Å². The van der Waals surface area contributed by atoms with Gasteiger partial charge in [-0.25, -0.2) is 10.7 Å². The van der Waals surface area contributed by atoms with E-state index in [2.05, 4.69) is 13.8 Å². The van der Waals surface area contributed by atoms with Crippen molar-refractivity contribution in [3.8, 4) is 0 Å². The Morgan fingerprint density at radius 2 is 2.00 bits per heavy atom. The maximum Gasteiger partial charge on any atom is 0.410 e. The smallest absolute Gasteiger partial charge is 0.410 e. The zero-order chi connectivity index (χ0) is 14.8. The zero-order valence-corrected chi connectivity index (χ0v) is 13.0. The Morgan fingerprint density at radius 1 is 1.42 bits per heavy atom. The number of nitrogens with zero attached hydrogens (tertiary/aromatic N) is 1. The standard InChI is InChI=1S/C14H28N2O3/c1-10(19-15)11-7-8-14(5,6)9-16(11)12(17)18-13(2,3)4/h10-11H,7-9,15H2,1-6H3. The molecule has 5 nitrogen and oxygen atoms in total. The van der Waals surface area contributed by atoms with E-state index in [9.17, 15) is 4.79 Å². The summed E-state index contributed by atoms with van der Waals surface area (Å²) in [4.78, 5) is 19.0. The summed E-state index contributed by atoms with van der Waals surface area (Å²) < 4.78 is 5.49. The number of nitrogens with two attached hydrogens (primary N) is 1. The van der Waals surface area contributed by atoms with Crippen molar-refractivity contribution in [2.45, 2.75) is 72.1 Å². The van der Waals surface area contributed by atoms with Gasteiger partial charge in [-0.15, -0.1) is 0 Å². The number of likely N-dealkylation sites (tertiary alicyclic amines) is 1. The molecule has 2 unspecified atom stereocenters. The van der Waals surface area contributed by atoms with Gasteiger partial charge in [0.1, 0.15) is 5.60 Å². The quantitative estimate of drug-likeness (QED) is 0.785. The Morgan fingerprint density at radius 3 is 2.47 bits per heavy atom. The fraction of sp³-hybridized carbons (Fsp3) is 0.929. The molecule has 0 aromatic carbocycles. The highest BCUT2D eigenvalue weighted by molar-refractivity contribution is 5.69. The molecule has 1 aliphatic heterocycles. The number of hydrogen-bond donors (Lipinski definition) is 1. The summed E-state index contributed by atoms with van der Waals surface area (Å²) in [5.41, 5.74) is -0.391. The van der Waals surface area contributed by atoms with Crippen LogP contribution in [0.25, 0.3) is 0 Å². The molecule has 1 amide bonds. The molecule has 0 saturated carbocycles. The average Bonchev–Trinajstić information content (AvgIpc) is 2.24. The van der Waals surface area contributed by atoms with Crippen LogP contribution in [0.1, 0.15) is 54.4 Å². The number of hydrogen-bond acceptors (Lipinski definition) is 4. The third-order valence-corrected chi connectivity index (χ3v) is 3.50. The van der Waals surface area contributed by atoms with Gasteiger partial charge in [-0.2, -0.15) is 0 Å². The number of carbonyl (C=O) groups excluding carboxylic acids is 1. The second-order valence-corrected chi connectivity index (χ2v) is 7.22. The highest BCUT2D eigenvalue weighted by Crippen LogP contribution is 2.34. The van der Waals surface area contributed by atoms with Gasteiger partial charge in [-0.3, -0.25) is 4.84 Å². The number of rotatable bonds is 2. The van der Waals surface area contributed by atoms with Crippen molar-refractivity contribution in [3.63, 3.8) is 0 Å². The first-order valence-corrected chi connectivity index (χ1v) is 6.91. The van der Waals surface area contributed by atoms with Crippen LogP contribution in [0.5, 0.6) is 0 Å². The van der Waals surface area contributed by atoms with E-state index in [-0.39, 0.29) is 23.7 Å². The van der Waals surface area contributed by atoms with Crippen molar-refractivity contribution in [2.75, 3.05) is 6.54 Å². The molecular formula is C14H28N2O3. The fourth-order valence-electron chi connectivity index (χ4n) is 2.45. The molecule has 19 heavy (non-hydrogen) atoms. The van der Waals surface area contributed by atoms with Crippen molar-refractivity contribution < 1.29 is 14.4 Å². The molecule has 0 aliphatic carbocycles. The van der Waals surface area contributed by atoms with E-state index in [1.165, 1.54) is 0 Å². The number of ether oxygens (including phenoxy) is 1. The van der Waals surface area contributed by atoms with Gasteiger partial charge in [0.25, 0.3) is 0 Å². The Kier molecular flexibility index (Phi) is 4.85. The molecule has 1 heterocycles. The molecule has 2 N–H and O–H groups in total. The van der Waals surface area contributed by atoms with E-state index >= 15 is 0 Å². The molecule has 0 bridgehead atoms. The van der Waals surface area contributed by atoms with E-state index in [1.807, 2.05) is 27.7 Å². The van der Waals surface area contributed by atoms with Crippen LogP contribution in [-0.2, 0) is 9.57 Å². The number of amides is 1. The third kappa shape index (κ3) is 4.66. The van der Waals surface area contributed by atoms with Gasteiger partial charge in [-0.1, -0.05) is 13.8 Å². The van der Waals surface area contributed by atoms with Crippen molar-refractivity contribution in [1.29, 1.82) is 0 Å². The minimum atomic E-state index is -0.490. The summed E-state index contributed by atoms with van der Waals surface area (Å²) in [5, 5.41) is 0. The van der Waals surface area contributed by atoms with Crippen LogP contribution in [0.2, 0.25) is 0 Å². The summed E-state index contributed by atoms with van der Waals surface area (Å²) >= 11 is 0. The van der Waals surface area contributed by atoms with Crippen molar-refractivity contribution >= 4 is 6.09 Å². The molecule has 0 radical (unpaired) electrons. The first-order valence-electron chi connectivity index (χ1n) is 6.91. The van der Waals surface area contributed by atoms with Crippen LogP contribution in [-0.4, -0.2) is 35.3 Å². The van der Waals surface area contributed by atoms with Gasteiger partial charge < -0.3 is 9.64 Å². The normalized spacial score (nSPS) is 25.0. The summed E-state index contributed by atoms with van der Waals surface area (Å²) in [6, 6.07) is -0.0205. The fourth-order valence-corrected chi connectivity index (χ4v) is 2.45. The Hall–Kier alpha value is -0.810. The first kappa shape index (κ1) is 16.2. The second-order valence-electron chi connectivity index (χ2n) is 7.22. The lowest BCUT2D eigenvalue weighted by molar-refractivity contribution is -0.0546. The largest absolute Gasteiger partial charge is 0.444 e. The maximum absolute atomic E-state index is 12.3. The molecule has 1 fully saturated rings. The molecule has 1 saturated heterocycles. The SMILES string of the molecule is CC(ON)C1CCC(C)(C)CN1C(=O)OC(C)(C)C. The van der Waals surface area contributed by atoms with E-state index < -0.39 is 5.60 Å². The molecule has 0 aromatic heterocycles. The third-order valence-electron chi connectivity index (χ3n) is 3.50. The highest BCUT2D eigenvalue weighted by Gasteiger charge is 2.40. The van der Waals surface area contributed by atoms with Gasteiger partial charge in [0.15, 0.2) is 0 Å². The molecule has 5 heteroatoms. The Labute approximate surface area is 116 Å². The van der Waals surface area contributed by atoms with Gasteiger partial charge in [0.05, 0.1) is 12.1 Å². The molecule has 0 aromatic rings. The van der Waals surface area contributed by atoms with Crippen LogP contribution in [0, 0.1) is 5.41 Å². The maximum atomic E-state index is 12.3. The van der Waals surface area contributed by atoms with Crippen LogP contribution in [0.3, 0.4) is 0 Å². The molecular weight excluding hydrogens is 244 g/mol. The molecule has 0 spiro atoms. The highest BCUT2D eigenvalue weighted by atomic mass is 16.6. The minimum absolute atomic E-state index is 0.0205. The van der Waals surface area contributed by atoms with E-state index in [1.54, 1.807) is 4.90 Å². The van der Waals surface area contributed by atoms with Crippen molar-refractivity contribution in [2.24, 2.45) is 11.3 Å². The van der Waals surface area contributed by atoms with Gasteiger partial charge in [0.2, 0.25) is 0 Å². The average molecular weight is 272 g/mol. The predicted octanol–water partition coefficient (Wildman–Crippen LogP) is 2.69. The van der Waals surface area contributed by atoms with E-state index in [4.69, 9.17) is 15.5 Å². The minimum Gasteiger partial charge on any atom is -0.444 e. The lowest BCUT2D eigenvalue weighted by Crippen LogP contribution is -2.55. The molecule has 1 aliphatic rings. The summed E-state index contributed by atoms with van der Waals surface area (Å²) in [5.74, 6) is 5.28. The van der Waals surface area contributed by atoms with Crippen molar-refractivity contribution in [3.05, 3.63) is 0 Å². The molecule has 2 atom stereocenters.